The number of ether oxygens (including phenoxy) is 1. The van der Waals surface area contributed by atoms with Gasteiger partial charge in [-0.2, -0.15) is 0 Å². The maximum absolute atomic E-state index is 12.1. The number of nitrogens with two attached hydrogens (primary N) is 1. The van der Waals surface area contributed by atoms with Gasteiger partial charge in [0.15, 0.2) is 0 Å². The van der Waals surface area contributed by atoms with Crippen LogP contribution in [0.25, 0.3) is 0 Å². The summed E-state index contributed by atoms with van der Waals surface area (Å²) >= 11 is 1.45. The number of aromatic nitrogens is 1. The van der Waals surface area contributed by atoms with Crippen molar-refractivity contribution in [2.75, 3.05) is 19.0 Å². The van der Waals surface area contributed by atoms with Crippen LogP contribution in [-0.2, 0) is 17.8 Å². The lowest BCUT2D eigenvalue weighted by atomic mass is 10.2. The summed E-state index contributed by atoms with van der Waals surface area (Å²) in [6, 6.07) is 7.54. The van der Waals surface area contributed by atoms with E-state index in [9.17, 15) is 4.79 Å². The van der Waals surface area contributed by atoms with Crippen LogP contribution in [0.1, 0.15) is 21.1 Å². The monoisotopic (exact) mass is 327 g/mol. The normalized spacial score (nSPS) is 10.0. The SMILES string of the molecule is COCc1ccccc1NC(=O)c1csc(CCN)n1.Cl. The number of para-hydroxylation sites is 1. The molecule has 0 aliphatic heterocycles. The van der Waals surface area contributed by atoms with E-state index in [4.69, 9.17) is 10.5 Å². The topological polar surface area (TPSA) is 77.2 Å². The van der Waals surface area contributed by atoms with Gasteiger partial charge in [0.1, 0.15) is 5.69 Å². The Bertz CT molecular complexity index is 589. The maximum atomic E-state index is 12.1. The van der Waals surface area contributed by atoms with Gasteiger partial charge in [0.2, 0.25) is 0 Å². The van der Waals surface area contributed by atoms with Gasteiger partial charge in [-0.15, -0.1) is 23.7 Å². The molecule has 2 aromatic rings. The number of halogens is 1. The van der Waals surface area contributed by atoms with Gasteiger partial charge < -0.3 is 15.8 Å². The van der Waals surface area contributed by atoms with E-state index < -0.39 is 0 Å². The summed E-state index contributed by atoms with van der Waals surface area (Å²) in [4.78, 5) is 16.4. The molecule has 2 rings (SSSR count). The van der Waals surface area contributed by atoms with Crippen molar-refractivity contribution in [2.45, 2.75) is 13.0 Å². The van der Waals surface area contributed by atoms with E-state index in [1.807, 2.05) is 24.3 Å². The van der Waals surface area contributed by atoms with Gasteiger partial charge in [0.25, 0.3) is 5.91 Å². The lowest BCUT2D eigenvalue weighted by Gasteiger charge is -2.09. The van der Waals surface area contributed by atoms with Crippen LogP contribution in [-0.4, -0.2) is 24.5 Å². The molecule has 0 bridgehead atoms. The number of benzene rings is 1. The molecule has 1 amide bonds. The molecule has 21 heavy (non-hydrogen) atoms. The molecular weight excluding hydrogens is 310 g/mol. The van der Waals surface area contributed by atoms with Crippen LogP contribution >= 0.6 is 23.7 Å². The first-order chi connectivity index (χ1) is 9.74. The molecule has 1 aromatic heterocycles. The van der Waals surface area contributed by atoms with Crippen LogP contribution in [0.2, 0.25) is 0 Å². The summed E-state index contributed by atoms with van der Waals surface area (Å²) in [5, 5.41) is 5.49. The van der Waals surface area contributed by atoms with Crippen LogP contribution in [0.15, 0.2) is 29.6 Å². The molecule has 5 nitrogen and oxygen atoms in total. The second-order valence-corrected chi connectivity index (χ2v) is 5.15. The molecule has 7 heteroatoms. The smallest absolute Gasteiger partial charge is 0.275 e. The molecule has 0 spiro atoms. The third-order valence-corrected chi connectivity index (χ3v) is 3.62. The number of amides is 1. The summed E-state index contributed by atoms with van der Waals surface area (Å²) in [6.07, 6.45) is 0.693. The number of nitrogens with zero attached hydrogens (tertiary/aromatic N) is 1. The molecule has 0 unspecified atom stereocenters. The number of hydrogen-bond acceptors (Lipinski definition) is 5. The van der Waals surface area contributed by atoms with Crippen LogP contribution in [0.5, 0.6) is 0 Å². The number of rotatable bonds is 6. The van der Waals surface area contributed by atoms with Crippen molar-refractivity contribution in [3.05, 3.63) is 45.9 Å². The highest BCUT2D eigenvalue weighted by Gasteiger charge is 2.12. The Hall–Kier alpha value is -1.47. The molecule has 1 aromatic carbocycles. The van der Waals surface area contributed by atoms with E-state index in [2.05, 4.69) is 10.3 Å². The van der Waals surface area contributed by atoms with Crippen molar-refractivity contribution in [3.8, 4) is 0 Å². The summed E-state index contributed by atoms with van der Waals surface area (Å²) in [7, 11) is 1.62. The van der Waals surface area contributed by atoms with Gasteiger partial charge >= 0.3 is 0 Å². The summed E-state index contributed by atoms with van der Waals surface area (Å²) in [5.41, 5.74) is 7.57. The zero-order chi connectivity index (χ0) is 14.4. The van der Waals surface area contributed by atoms with Crippen LogP contribution < -0.4 is 11.1 Å². The number of anilines is 1. The van der Waals surface area contributed by atoms with Crippen molar-refractivity contribution < 1.29 is 9.53 Å². The average Bonchev–Trinajstić information content (AvgIpc) is 2.90. The van der Waals surface area contributed by atoms with E-state index in [1.165, 1.54) is 11.3 Å². The molecule has 0 atom stereocenters. The Balaban J connectivity index is 0.00000220. The number of methoxy groups -OCH3 is 1. The Morgan fingerprint density at radius 3 is 2.90 bits per heavy atom. The molecule has 0 radical (unpaired) electrons. The third kappa shape index (κ3) is 4.78. The van der Waals surface area contributed by atoms with E-state index in [-0.39, 0.29) is 18.3 Å². The second-order valence-electron chi connectivity index (χ2n) is 4.21. The van der Waals surface area contributed by atoms with E-state index >= 15 is 0 Å². The van der Waals surface area contributed by atoms with Gasteiger partial charge in [-0.1, -0.05) is 18.2 Å². The predicted molar refractivity (Wildman–Crippen MR) is 87.2 cm³/mol. The zero-order valence-electron chi connectivity index (χ0n) is 11.7. The maximum Gasteiger partial charge on any atom is 0.275 e. The first kappa shape index (κ1) is 17.6. The molecule has 0 saturated heterocycles. The minimum atomic E-state index is -0.215. The Kier molecular flexibility index (Phi) is 7.31. The van der Waals surface area contributed by atoms with E-state index in [1.54, 1.807) is 12.5 Å². The minimum Gasteiger partial charge on any atom is -0.380 e. The number of carbonyl (C=O) groups is 1. The molecule has 0 aliphatic carbocycles. The van der Waals surface area contributed by atoms with E-state index in [0.717, 1.165) is 16.3 Å². The molecule has 3 N–H and O–H groups in total. The number of thiazole rings is 1. The summed E-state index contributed by atoms with van der Waals surface area (Å²) < 4.78 is 5.11. The van der Waals surface area contributed by atoms with Gasteiger partial charge in [-0.3, -0.25) is 4.79 Å². The fourth-order valence-electron chi connectivity index (χ4n) is 1.76. The standard InChI is InChI=1S/C14H17N3O2S.ClH/c1-19-8-10-4-2-3-5-11(10)17-14(18)12-9-20-13(16-12)6-7-15;/h2-5,9H,6-8,15H2,1H3,(H,17,18);1H. The van der Waals surface area contributed by atoms with Gasteiger partial charge in [0.05, 0.1) is 11.6 Å². The lowest BCUT2D eigenvalue weighted by Crippen LogP contribution is -2.14. The summed E-state index contributed by atoms with van der Waals surface area (Å²) in [6.45, 7) is 0.983. The molecule has 1 heterocycles. The Morgan fingerprint density at radius 2 is 2.19 bits per heavy atom. The van der Waals surface area contributed by atoms with Crippen molar-refractivity contribution >= 4 is 35.3 Å². The van der Waals surface area contributed by atoms with Crippen molar-refractivity contribution in [3.63, 3.8) is 0 Å². The largest absolute Gasteiger partial charge is 0.380 e. The molecular formula is C14H18ClN3O2S. The third-order valence-electron chi connectivity index (χ3n) is 2.71. The van der Waals surface area contributed by atoms with Crippen LogP contribution in [0, 0.1) is 0 Å². The van der Waals surface area contributed by atoms with Gasteiger partial charge in [-0.25, -0.2) is 4.98 Å². The van der Waals surface area contributed by atoms with Crippen molar-refractivity contribution in [2.24, 2.45) is 5.73 Å². The minimum absolute atomic E-state index is 0. The predicted octanol–water partition coefficient (Wildman–Crippen LogP) is 2.46. The number of carbonyl (C=O) groups excluding carboxylic acids is 1. The number of hydrogen-bond donors (Lipinski definition) is 2. The molecule has 0 saturated carbocycles. The highest BCUT2D eigenvalue weighted by Crippen LogP contribution is 2.18. The van der Waals surface area contributed by atoms with Gasteiger partial charge in [0, 0.05) is 30.2 Å². The highest BCUT2D eigenvalue weighted by atomic mass is 35.5. The van der Waals surface area contributed by atoms with Crippen LogP contribution in [0.3, 0.4) is 0 Å². The zero-order valence-corrected chi connectivity index (χ0v) is 13.3. The average molecular weight is 328 g/mol. The van der Waals surface area contributed by atoms with Crippen molar-refractivity contribution in [1.82, 2.24) is 4.98 Å². The van der Waals surface area contributed by atoms with Gasteiger partial charge in [-0.05, 0) is 12.6 Å². The first-order valence-electron chi connectivity index (χ1n) is 6.27. The van der Waals surface area contributed by atoms with Crippen molar-refractivity contribution in [1.29, 1.82) is 0 Å². The second kappa shape index (κ2) is 8.74. The Labute approximate surface area is 133 Å². The van der Waals surface area contributed by atoms with E-state index in [0.29, 0.717) is 25.3 Å². The quantitative estimate of drug-likeness (QED) is 0.854. The fourth-order valence-corrected chi connectivity index (χ4v) is 2.56. The fraction of sp³-hybridized carbons (Fsp3) is 0.286. The highest BCUT2D eigenvalue weighted by molar-refractivity contribution is 7.09. The molecule has 0 fully saturated rings. The lowest BCUT2D eigenvalue weighted by molar-refractivity contribution is 0.102. The Morgan fingerprint density at radius 1 is 1.43 bits per heavy atom. The molecule has 0 aliphatic rings. The summed E-state index contributed by atoms with van der Waals surface area (Å²) in [5.74, 6) is -0.215. The molecule has 114 valence electrons. The number of nitrogens with one attached hydrogen (secondary N) is 1. The first-order valence-corrected chi connectivity index (χ1v) is 7.15. The van der Waals surface area contributed by atoms with Crippen LogP contribution in [0.4, 0.5) is 5.69 Å².